The Morgan fingerprint density at radius 3 is 2.54 bits per heavy atom. The summed E-state index contributed by atoms with van der Waals surface area (Å²) in [6.07, 6.45) is 0. The summed E-state index contributed by atoms with van der Waals surface area (Å²) in [5, 5.41) is 1.40. The van der Waals surface area contributed by atoms with Crippen LogP contribution in [0.3, 0.4) is 0 Å². The highest BCUT2D eigenvalue weighted by Crippen LogP contribution is 2.40. The van der Waals surface area contributed by atoms with Gasteiger partial charge in [0.25, 0.3) is 0 Å². The number of ether oxygens (including phenoxy) is 1. The summed E-state index contributed by atoms with van der Waals surface area (Å²) < 4.78 is 11.6. The molecule has 0 saturated carbocycles. The standard InChI is InChI=1S/C21H20ClNO3/c1-11-5-6-15(7-12(11)2)23-9-17-19-16(8-18(22)20(17)25-10-23)13(3)14(4)21(24)26-19/h5-8H,9-10H2,1-4H3. The van der Waals surface area contributed by atoms with Gasteiger partial charge >= 0.3 is 5.63 Å². The number of halogens is 1. The zero-order chi connectivity index (χ0) is 18.6. The minimum Gasteiger partial charge on any atom is -0.471 e. The summed E-state index contributed by atoms with van der Waals surface area (Å²) in [5.74, 6) is 0.602. The molecule has 2 heterocycles. The van der Waals surface area contributed by atoms with Gasteiger partial charge in [-0.2, -0.15) is 0 Å². The smallest absolute Gasteiger partial charge is 0.339 e. The molecule has 1 aromatic heterocycles. The Morgan fingerprint density at radius 1 is 1.04 bits per heavy atom. The largest absolute Gasteiger partial charge is 0.471 e. The Kier molecular flexibility index (Phi) is 3.96. The molecule has 0 aliphatic carbocycles. The lowest BCUT2D eigenvalue weighted by Crippen LogP contribution is -2.32. The lowest BCUT2D eigenvalue weighted by Gasteiger charge is -2.32. The first kappa shape index (κ1) is 17.0. The molecule has 3 aromatic rings. The number of benzene rings is 2. The van der Waals surface area contributed by atoms with E-state index in [-0.39, 0.29) is 5.63 Å². The highest BCUT2D eigenvalue weighted by Gasteiger charge is 2.25. The SMILES string of the molecule is Cc1ccc(N2COc3c(Cl)cc4c(C)c(C)c(=O)oc4c3C2)cc1C. The number of rotatable bonds is 1. The Morgan fingerprint density at radius 2 is 1.81 bits per heavy atom. The molecule has 4 nitrogen and oxygen atoms in total. The van der Waals surface area contributed by atoms with Crippen LogP contribution in [0.1, 0.15) is 27.8 Å². The molecule has 1 aliphatic rings. The quantitative estimate of drug-likeness (QED) is 0.564. The summed E-state index contributed by atoms with van der Waals surface area (Å²) in [5.41, 5.74) is 6.10. The van der Waals surface area contributed by atoms with Gasteiger partial charge in [-0.3, -0.25) is 0 Å². The first-order valence-corrected chi connectivity index (χ1v) is 8.95. The van der Waals surface area contributed by atoms with E-state index in [4.69, 9.17) is 20.8 Å². The number of aryl methyl sites for hydroxylation is 3. The predicted octanol–water partition coefficient (Wildman–Crippen LogP) is 5.04. The molecule has 0 radical (unpaired) electrons. The Labute approximate surface area is 156 Å². The van der Waals surface area contributed by atoms with Crippen molar-refractivity contribution in [3.63, 3.8) is 0 Å². The van der Waals surface area contributed by atoms with Crippen LogP contribution in [0.5, 0.6) is 5.75 Å². The molecule has 0 amide bonds. The molecular formula is C21H20ClNO3. The van der Waals surface area contributed by atoms with E-state index < -0.39 is 0 Å². The van der Waals surface area contributed by atoms with Gasteiger partial charge in [0.1, 0.15) is 11.3 Å². The van der Waals surface area contributed by atoms with Crippen molar-refractivity contribution in [1.82, 2.24) is 0 Å². The Hall–Kier alpha value is -2.46. The molecule has 0 atom stereocenters. The summed E-state index contributed by atoms with van der Waals surface area (Å²) in [7, 11) is 0. The maximum absolute atomic E-state index is 12.2. The summed E-state index contributed by atoms with van der Waals surface area (Å²) in [6, 6.07) is 8.15. The zero-order valence-corrected chi connectivity index (χ0v) is 16.0. The van der Waals surface area contributed by atoms with Crippen LogP contribution < -0.4 is 15.3 Å². The van der Waals surface area contributed by atoms with Gasteiger partial charge in [-0.1, -0.05) is 17.7 Å². The van der Waals surface area contributed by atoms with Crippen LogP contribution in [-0.2, 0) is 6.54 Å². The molecule has 1 aliphatic heterocycles. The van der Waals surface area contributed by atoms with Gasteiger partial charge in [0.05, 0.1) is 17.1 Å². The molecule has 4 rings (SSSR count). The Bertz CT molecular complexity index is 1100. The van der Waals surface area contributed by atoms with E-state index in [1.54, 1.807) is 6.92 Å². The molecule has 5 heteroatoms. The zero-order valence-electron chi connectivity index (χ0n) is 15.3. The molecule has 0 saturated heterocycles. The van der Waals surface area contributed by atoms with Gasteiger partial charge in [0.2, 0.25) is 0 Å². The number of nitrogens with zero attached hydrogens (tertiary/aromatic N) is 1. The van der Waals surface area contributed by atoms with Gasteiger partial charge in [-0.25, -0.2) is 4.79 Å². The average Bonchev–Trinajstić information content (AvgIpc) is 2.63. The van der Waals surface area contributed by atoms with E-state index >= 15 is 0 Å². The van der Waals surface area contributed by atoms with E-state index in [1.165, 1.54) is 11.1 Å². The van der Waals surface area contributed by atoms with Crippen molar-refractivity contribution in [2.45, 2.75) is 34.2 Å². The normalized spacial score (nSPS) is 13.7. The van der Waals surface area contributed by atoms with E-state index in [2.05, 4.69) is 36.9 Å². The highest BCUT2D eigenvalue weighted by atomic mass is 35.5. The van der Waals surface area contributed by atoms with Crippen LogP contribution in [-0.4, -0.2) is 6.73 Å². The number of anilines is 1. The van der Waals surface area contributed by atoms with Crippen LogP contribution in [0.25, 0.3) is 11.0 Å². The van der Waals surface area contributed by atoms with Crippen molar-refractivity contribution in [1.29, 1.82) is 0 Å². The molecule has 134 valence electrons. The Balaban J connectivity index is 1.88. The number of hydrogen-bond acceptors (Lipinski definition) is 4. The summed E-state index contributed by atoms with van der Waals surface area (Å²) in [4.78, 5) is 14.3. The predicted molar refractivity (Wildman–Crippen MR) is 105 cm³/mol. The molecular weight excluding hydrogens is 350 g/mol. The van der Waals surface area contributed by atoms with Crippen molar-refractivity contribution in [3.05, 3.63) is 67.5 Å². The van der Waals surface area contributed by atoms with Crippen molar-refractivity contribution >= 4 is 28.3 Å². The van der Waals surface area contributed by atoms with Gasteiger partial charge in [-0.05, 0) is 62.6 Å². The monoisotopic (exact) mass is 369 g/mol. The topological polar surface area (TPSA) is 42.7 Å². The fourth-order valence-corrected chi connectivity index (χ4v) is 3.63. The second-order valence-electron chi connectivity index (χ2n) is 6.92. The third-order valence-electron chi connectivity index (χ3n) is 5.32. The summed E-state index contributed by atoms with van der Waals surface area (Å²) in [6.45, 7) is 8.84. The van der Waals surface area contributed by atoms with Crippen molar-refractivity contribution in [3.8, 4) is 5.75 Å². The van der Waals surface area contributed by atoms with Crippen LogP contribution in [0.15, 0.2) is 33.5 Å². The van der Waals surface area contributed by atoms with Gasteiger partial charge in [-0.15, -0.1) is 0 Å². The fourth-order valence-electron chi connectivity index (χ4n) is 3.35. The third-order valence-corrected chi connectivity index (χ3v) is 5.60. The van der Waals surface area contributed by atoms with Crippen LogP contribution >= 0.6 is 11.6 Å². The fraction of sp³-hybridized carbons (Fsp3) is 0.286. The summed E-state index contributed by atoms with van der Waals surface area (Å²) >= 11 is 6.46. The molecule has 0 unspecified atom stereocenters. The van der Waals surface area contributed by atoms with Gasteiger partial charge < -0.3 is 14.1 Å². The van der Waals surface area contributed by atoms with E-state index in [9.17, 15) is 4.79 Å². The second kappa shape index (κ2) is 6.06. The maximum Gasteiger partial charge on any atom is 0.339 e. The van der Waals surface area contributed by atoms with Gasteiger partial charge in [0, 0.05) is 16.6 Å². The van der Waals surface area contributed by atoms with Crippen LogP contribution in [0.2, 0.25) is 5.02 Å². The van der Waals surface area contributed by atoms with Gasteiger partial charge in [0.15, 0.2) is 6.73 Å². The van der Waals surface area contributed by atoms with Crippen molar-refractivity contribution < 1.29 is 9.15 Å². The number of hydrogen-bond donors (Lipinski definition) is 0. The first-order valence-electron chi connectivity index (χ1n) is 8.57. The molecule has 2 aromatic carbocycles. The van der Waals surface area contributed by atoms with E-state index in [1.807, 2.05) is 13.0 Å². The molecule has 0 N–H and O–H groups in total. The minimum atomic E-state index is -0.317. The molecule has 26 heavy (non-hydrogen) atoms. The lowest BCUT2D eigenvalue weighted by atomic mass is 10.0. The van der Waals surface area contributed by atoms with E-state index in [0.717, 1.165) is 22.2 Å². The molecule has 0 bridgehead atoms. The van der Waals surface area contributed by atoms with E-state index in [0.29, 0.717) is 35.2 Å². The van der Waals surface area contributed by atoms with Crippen LogP contribution in [0, 0.1) is 27.7 Å². The third kappa shape index (κ3) is 2.56. The number of fused-ring (bicyclic) bond motifs is 3. The second-order valence-corrected chi connectivity index (χ2v) is 7.33. The highest BCUT2D eigenvalue weighted by molar-refractivity contribution is 6.33. The minimum absolute atomic E-state index is 0.317. The van der Waals surface area contributed by atoms with Crippen molar-refractivity contribution in [2.75, 3.05) is 11.6 Å². The van der Waals surface area contributed by atoms with Crippen LogP contribution in [0.4, 0.5) is 5.69 Å². The first-order chi connectivity index (χ1) is 12.4. The molecule has 0 spiro atoms. The molecule has 0 fully saturated rings. The maximum atomic E-state index is 12.2. The lowest BCUT2D eigenvalue weighted by molar-refractivity contribution is 0.289. The average molecular weight is 370 g/mol. The van der Waals surface area contributed by atoms with Crippen molar-refractivity contribution in [2.24, 2.45) is 0 Å².